The van der Waals surface area contributed by atoms with Crippen molar-refractivity contribution in [2.24, 2.45) is 5.92 Å². The molecule has 6 nitrogen and oxygen atoms in total. The van der Waals surface area contributed by atoms with Gasteiger partial charge in [0.15, 0.2) is 5.16 Å². The largest absolute Gasteiger partial charge is 0.497 e. The van der Waals surface area contributed by atoms with Crippen LogP contribution in [0.3, 0.4) is 0 Å². The lowest BCUT2D eigenvalue weighted by molar-refractivity contribution is -0.118. The average Bonchev–Trinajstić information content (AvgIpc) is 3.08. The number of benzene rings is 1. The van der Waals surface area contributed by atoms with Gasteiger partial charge in [0.25, 0.3) is 5.56 Å². The number of carbonyl (C=O) groups excluding carboxylic acids is 1. The monoisotopic (exact) mass is 429 g/mol. The molecule has 2 N–H and O–H groups in total. The highest BCUT2D eigenvalue weighted by Crippen LogP contribution is 2.36. The SMILES string of the molecule is COc1ccc(CNC(=O)CSc2nc3sc4c(c3c(=O)[nH]2)CC[C@@H](C)C4)cc1. The lowest BCUT2D eigenvalue weighted by Crippen LogP contribution is -2.24. The zero-order valence-electron chi connectivity index (χ0n) is 16.4. The number of aromatic amines is 1. The number of thiophene rings is 1. The summed E-state index contributed by atoms with van der Waals surface area (Å²) < 4.78 is 5.13. The van der Waals surface area contributed by atoms with E-state index in [1.165, 1.54) is 22.2 Å². The van der Waals surface area contributed by atoms with Crippen LogP contribution in [0.4, 0.5) is 0 Å². The first kappa shape index (κ1) is 20.0. The van der Waals surface area contributed by atoms with Gasteiger partial charge in [0.2, 0.25) is 5.91 Å². The maximum Gasteiger partial charge on any atom is 0.260 e. The van der Waals surface area contributed by atoms with Gasteiger partial charge in [0, 0.05) is 11.4 Å². The second-order valence-corrected chi connectivity index (χ2v) is 9.36. The van der Waals surface area contributed by atoms with Gasteiger partial charge in [-0.1, -0.05) is 30.8 Å². The van der Waals surface area contributed by atoms with Crippen molar-refractivity contribution in [2.45, 2.75) is 37.9 Å². The topological polar surface area (TPSA) is 84.1 Å². The average molecular weight is 430 g/mol. The number of H-pyrrole nitrogens is 1. The number of aryl methyl sites for hydroxylation is 1. The van der Waals surface area contributed by atoms with Gasteiger partial charge in [-0.25, -0.2) is 4.98 Å². The van der Waals surface area contributed by atoms with E-state index in [2.05, 4.69) is 22.2 Å². The Morgan fingerprint density at radius 3 is 2.93 bits per heavy atom. The van der Waals surface area contributed by atoms with Gasteiger partial charge in [-0.15, -0.1) is 11.3 Å². The summed E-state index contributed by atoms with van der Waals surface area (Å²) in [6.45, 7) is 2.69. The Balaban J connectivity index is 1.39. The van der Waals surface area contributed by atoms with Gasteiger partial charge in [-0.05, 0) is 48.4 Å². The number of fused-ring (bicyclic) bond motifs is 3. The third-order valence-corrected chi connectivity index (χ3v) is 7.15. The highest BCUT2D eigenvalue weighted by molar-refractivity contribution is 7.99. The molecule has 2 aromatic heterocycles. The molecular formula is C21H23N3O3S2. The van der Waals surface area contributed by atoms with Crippen LogP contribution in [0, 0.1) is 5.92 Å². The van der Waals surface area contributed by atoms with Crippen molar-refractivity contribution in [1.29, 1.82) is 0 Å². The van der Waals surface area contributed by atoms with Crippen LogP contribution < -0.4 is 15.6 Å². The number of aromatic nitrogens is 2. The van der Waals surface area contributed by atoms with Crippen LogP contribution in [0.25, 0.3) is 10.2 Å². The summed E-state index contributed by atoms with van der Waals surface area (Å²) in [4.78, 5) is 34.3. The van der Waals surface area contributed by atoms with E-state index in [0.717, 1.165) is 40.8 Å². The Bertz CT molecular complexity index is 1090. The number of carbonyl (C=O) groups is 1. The van der Waals surface area contributed by atoms with Crippen molar-refractivity contribution >= 4 is 39.2 Å². The highest BCUT2D eigenvalue weighted by atomic mass is 32.2. The number of hydrogen-bond donors (Lipinski definition) is 2. The second kappa shape index (κ2) is 8.59. The predicted molar refractivity (Wildman–Crippen MR) is 117 cm³/mol. The highest BCUT2D eigenvalue weighted by Gasteiger charge is 2.23. The van der Waals surface area contributed by atoms with E-state index in [1.807, 2.05) is 24.3 Å². The smallest absolute Gasteiger partial charge is 0.260 e. The van der Waals surface area contributed by atoms with Gasteiger partial charge in [-0.2, -0.15) is 0 Å². The summed E-state index contributed by atoms with van der Waals surface area (Å²) in [5, 5.41) is 4.12. The summed E-state index contributed by atoms with van der Waals surface area (Å²) in [5.74, 6) is 1.53. The zero-order chi connectivity index (χ0) is 20.4. The molecular weight excluding hydrogens is 406 g/mol. The molecule has 8 heteroatoms. The number of rotatable bonds is 6. The number of ether oxygens (including phenoxy) is 1. The van der Waals surface area contributed by atoms with Gasteiger partial charge in [-0.3, -0.25) is 9.59 Å². The molecule has 1 aliphatic rings. The molecule has 1 aromatic carbocycles. The normalized spacial score (nSPS) is 15.9. The molecule has 0 saturated heterocycles. The third kappa shape index (κ3) is 4.48. The van der Waals surface area contributed by atoms with E-state index < -0.39 is 0 Å². The molecule has 29 heavy (non-hydrogen) atoms. The molecule has 0 saturated carbocycles. The van der Waals surface area contributed by atoms with E-state index in [-0.39, 0.29) is 17.2 Å². The van der Waals surface area contributed by atoms with Crippen LogP contribution >= 0.6 is 23.1 Å². The Morgan fingerprint density at radius 2 is 2.17 bits per heavy atom. The number of methoxy groups -OCH3 is 1. The fraction of sp³-hybridized carbons (Fsp3) is 0.381. The molecule has 0 aliphatic heterocycles. The van der Waals surface area contributed by atoms with E-state index in [1.54, 1.807) is 18.4 Å². The molecule has 3 aromatic rings. The van der Waals surface area contributed by atoms with Gasteiger partial charge in [0.05, 0.1) is 18.2 Å². The molecule has 152 valence electrons. The van der Waals surface area contributed by atoms with Crippen molar-refractivity contribution in [3.63, 3.8) is 0 Å². The molecule has 0 fully saturated rings. The molecule has 1 atom stereocenters. The van der Waals surface area contributed by atoms with Crippen LogP contribution in [-0.2, 0) is 24.2 Å². The van der Waals surface area contributed by atoms with Crippen LogP contribution in [0.5, 0.6) is 5.75 Å². The maximum absolute atomic E-state index is 12.6. The summed E-state index contributed by atoms with van der Waals surface area (Å²) >= 11 is 2.87. The Morgan fingerprint density at radius 1 is 1.38 bits per heavy atom. The number of thioether (sulfide) groups is 1. The summed E-state index contributed by atoms with van der Waals surface area (Å²) in [5.41, 5.74) is 2.07. The molecule has 1 amide bonds. The molecule has 2 heterocycles. The van der Waals surface area contributed by atoms with Crippen molar-refractivity contribution in [1.82, 2.24) is 15.3 Å². The third-order valence-electron chi connectivity index (χ3n) is 5.13. The van der Waals surface area contributed by atoms with Crippen LogP contribution in [0.15, 0.2) is 34.2 Å². The molecule has 0 spiro atoms. The van der Waals surface area contributed by atoms with Crippen molar-refractivity contribution in [3.8, 4) is 5.75 Å². The fourth-order valence-electron chi connectivity index (χ4n) is 3.53. The molecule has 4 rings (SSSR count). The second-order valence-electron chi connectivity index (χ2n) is 7.32. The number of nitrogens with zero attached hydrogens (tertiary/aromatic N) is 1. The number of amides is 1. The van der Waals surface area contributed by atoms with Crippen molar-refractivity contribution in [3.05, 3.63) is 50.6 Å². The molecule has 0 bridgehead atoms. The van der Waals surface area contributed by atoms with Crippen LogP contribution in [-0.4, -0.2) is 28.7 Å². The van der Waals surface area contributed by atoms with Gasteiger partial charge >= 0.3 is 0 Å². The number of nitrogens with one attached hydrogen (secondary N) is 2. The summed E-state index contributed by atoms with van der Waals surface area (Å²) in [6, 6.07) is 7.56. The lowest BCUT2D eigenvalue weighted by Gasteiger charge is -2.17. The Labute approximate surface area is 177 Å². The van der Waals surface area contributed by atoms with Crippen LogP contribution in [0.2, 0.25) is 0 Å². The van der Waals surface area contributed by atoms with Crippen molar-refractivity contribution < 1.29 is 9.53 Å². The van der Waals surface area contributed by atoms with E-state index in [9.17, 15) is 9.59 Å². The van der Waals surface area contributed by atoms with E-state index >= 15 is 0 Å². The van der Waals surface area contributed by atoms with Crippen molar-refractivity contribution in [2.75, 3.05) is 12.9 Å². The molecule has 0 unspecified atom stereocenters. The first-order chi connectivity index (χ1) is 14.0. The number of hydrogen-bond acceptors (Lipinski definition) is 6. The Hall–Kier alpha value is -2.32. The molecule has 1 aliphatic carbocycles. The first-order valence-electron chi connectivity index (χ1n) is 9.60. The van der Waals surface area contributed by atoms with Gasteiger partial charge in [0.1, 0.15) is 10.6 Å². The minimum atomic E-state index is -0.104. The Kier molecular flexibility index (Phi) is 5.91. The minimum Gasteiger partial charge on any atom is -0.497 e. The predicted octanol–water partition coefficient (Wildman–Crippen LogP) is 3.53. The summed E-state index contributed by atoms with van der Waals surface area (Å²) in [6.07, 6.45) is 3.08. The zero-order valence-corrected chi connectivity index (χ0v) is 18.0. The quantitative estimate of drug-likeness (QED) is 0.463. The molecule has 0 radical (unpaired) electrons. The summed E-state index contributed by atoms with van der Waals surface area (Å²) in [7, 11) is 1.62. The van der Waals surface area contributed by atoms with E-state index in [0.29, 0.717) is 17.6 Å². The van der Waals surface area contributed by atoms with Gasteiger partial charge < -0.3 is 15.0 Å². The minimum absolute atomic E-state index is 0.0943. The maximum atomic E-state index is 12.6. The first-order valence-corrected chi connectivity index (χ1v) is 11.4. The van der Waals surface area contributed by atoms with Crippen LogP contribution in [0.1, 0.15) is 29.3 Å². The fourth-order valence-corrected chi connectivity index (χ4v) is 5.66. The van der Waals surface area contributed by atoms with E-state index in [4.69, 9.17) is 4.74 Å². The lowest BCUT2D eigenvalue weighted by atomic mass is 9.89. The standard InChI is InChI=1S/C21H23N3O3S2/c1-12-3-8-15-16(9-12)29-20-18(15)19(26)23-21(24-20)28-11-17(25)22-10-13-4-6-14(27-2)7-5-13/h4-7,12H,3,8-11H2,1-2H3,(H,22,25)(H,23,24,26)/t12-/m1/s1.